The summed E-state index contributed by atoms with van der Waals surface area (Å²) in [5.74, 6) is 0. The van der Waals surface area contributed by atoms with E-state index in [1.54, 1.807) is 0 Å². The molecule has 0 aromatic rings. The van der Waals surface area contributed by atoms with Gasteiger partial charge in [0.05, 0.1) is 0 Å². The van der Waals surface area contributed by atoms with Crippen LogP contribution in [0.1, 0.15) is 67.2 Å². The SMILES string of the molecule is CCCCCC(O)OOC(C)(C)C(C)(C)C. The van der Waals surface area contributed by atoms with Crippen molar-refractivity contribution < 1.29 is 14.9 Å². The molecule has 0 heterocycles. The zero-order valence-corrected chi connectivity index (χ0v) is 11.7. The van der Waals surface area contributed by atoms with Gasteiger partial charge in [0.2, 0.25) is 0 Å². The molecule has 1 atom stereocenters. The fraction of sp³-hybridized carbons (Fsp3) is 1.00. The number of rotatable bonds is 7. The first-order valence-electron chi connectivity index (χ1n) is 6.23. The van der Waals surface area contributed by atoms with Gasteiger partial charge in [0.15, 0.2) is 6.29 Å². The summed E-state index contributed by atoms with van der Waals surface area (Å²) in [5.41, 5.74) is -0.450. The molecule has 0 bridgehead atoms. The Balaban J connectivity index is 3.86. The monoisotopic (exact) mass is 232 g/mol. The zero-order valence-electron chi connectivity index (χ0n) is 11.7. The fourth-order valence-corrected chi connectivity index (χ4v) is 0.918. The lowest BCUT2D eigenvalue weighted by Gasteiger charge is -2.37. The first kappa shape index (κ1) is 15.9. The van der Waals surface area contributed by atoms with Gasteiger partial charge in [0.25, 0.3) is 0 Å². The standard InChI is InChI=1S/C13H28O3/c1-7-8-9-10-11(14)15-16-13(5,6)12(2,3)4/h11,14H,7-10H2,1-6H3. The maximum atomic E-state index is 9.56. The van der Waals surface area contributed by atoms with Crippen molar-refractivity contribution in [3.05, 3.63) is 0 Å². The minimum atomic E-state index is -0.812. The number of unbranched alkanes of at least 4 members (excludes halogenated alkanes) is 2. The van der Waals surface area contributed by atoms with Gasteiger partial charge < -0.3 is 5.11 Å². The average Bonchev–Trinajstić information content (AvgIpc) is 2.13. The van der Waals surface area contributed by atoms with Crippen molar-refractivity contribution in [3.8, 4) is 0 Å². The third-order valence-electron chi connectivity index (χ3n) is 3.23. The average molecular weight is 232 g/mol. The molecule has 3 heteroatoms. The van der Waals surface area contributed by atoms with E-state index in [1.807, 2.05) is 13.8 Å². The van der Waals surface area contributed by atoms with Crippen LogP contribution in [0.3, 0.4) is 0 Å². The normalized spacial score (nSPS) is 15.2. The first-order chi connectivity index (χ1) is 7.20. The Hall–Kier alpha value is -0.120. The van der Waals surface area contributed by atoms with Crippen LogP contribution in [0.25, 0.3) is 0 Å². The minimum Gasteiger partial charge on any atom is -0.366 e. The highest BCUT2D eigenvalue weighted by Gasteiger charge is 2.35. The summed E-state index contributed by atoms with van der Waals surface area (Å²) in [4.78, 5) is 10.4. The van der Waals surface area contributed by atoms with Crippen LogP contribution in [0.15, 0.2) is 0 Å². The van der Waals surface area contributed by atoms with E-state index in [9.17, 15) is 5.11 Å². The summed E-state index contributed by atoms with van der Waals surface area (Å²) >= 11 is 0. The van der Waals surface area contributed by atoms with Crippen LogP contribution in [0.4, 0.5) is 0 Å². The van der Waals surface area contributed by atoms with Crippen molar-refractivity contribution in [3.63, 3.8) is 0 Å². The predicted molar refractivity (Wildman–Crippen MR) is 65.9 cm³/mol. The molecule has 0 spiro atoms. The number of hydrogen-bond donors (Lipinski definition) is 1. The molecule has 0 aliphatic heterocycles. The van der Waals surface area contributed by atoms with Gasteiger partial charge in [0.1, 0.15) is 5.60 Å². The Bertz CT molecular complexity index is 182. The molecule has 3 nitrogen and oxygen atoms in total. The summed E-state index contributed by atoms with van der Waals surface area (Å²) < 4.78 is 0. The van der Waals surface area contributed by atoms with Crippen molar-refractivity contribution in [2.45, 2.75) is 79.1 Å². The van der Waals surface area contributed by atoms with Crippen LogP contribution >= 0.6 is 0 Å². The smallest absolute Gasteiger partial charge is 0.188 e. The van der Waals surface area contributed by atoms with Gasteiger partial charge in [-0.1, -0.05) is 40.5 Å². The van der Waals surface area contributed by atoms with Gasteiger partial charge in [-0.2, -0.15) is 0 Å². The largest absolute Gasteiger partial charge is 0.366 e. The van der Waals surface area contributed by atoms with Gasteiger partial charge >= 0.3 is 0 Å². The molecule has 0 amide bonds. The van der Waals surface area contributed by atoms with Gasteiger partial charge in [0, 0.05) is 6.42 Å². The molecule has 1 N–H and O–H groups in total. The Kier molecular flexibility index (Phi) is 6.53. The lowest BCUT2D eigenvalue weighted by Crippen LogP contribution is -2.40. The Morgan fingerprint density at radius 3 is 2.06 bits per heavy atom. The van der Waals surface area contributed by atoms with Gasteiger partial charge in [-0.25, -0.2) is 9.78 Å². The minimum absolute atomic E-state index is 0.0316. The zero-order chi connectivity index (χ0) is 12.8. The molecule has 0 aromatic carbocycles. The highest BCUT2D eigenvalue weighted by Crippen LogP contribution is 2.33. The number of hydrogen-bond acceptors (Lipinski definition) is 3. The highest BCUT2D eigenvalue weighted by atomic mass is 17.2. The Morgan fingerprint density at radius 2 is 1.62 bits per heavy atom. The summed E-state index contributed by atoms with van der Waals surface area (Å²) in [5, 5.41) is 9.56. The summed E-state index contributed by atoms with van der Waals surface area (Å²) in [7, 11) is 0. The molecule has 0 rings (SSSR count). The fourth-order valence-electron chi connectivity index (χ4n) is 0.918. The van der Waals surface area contributed by atoms with E-state index >= 15 is 0 Å². The van der Waals surface area contributed by atoms with Crippen molar-refractivity contribution in [2.24, 2.45) is 5.41 Å². The van der Waals surface area contributed by atoms with E-state index in [4.69, 9.17) is 9.78 Å². The molecule has 0 aliphatic rings. The molecule has 0 saturated carbocycles. The van der Waals surface area contributed by atoms with Gasteiger partial charge in [-0.05, 0) is 25.7 Å². The van der Waals surface area contributed by atoms with E-state index in [0.29, 0.717) is 6.42 Å². The number of aliphatic hydroxyl groups is 1. The van der Waals surface area contributed by atoms with Crippen molar-refractivity contribution in [2.75, 3.05) is 0 Å². The molecule has 1 unspecified atom stereocenters. The first-order valence-corrected chi connectivity index (χ1v) is 6.23. The number of aliphatic hydroxyl groups excluding tert-OH is 1. The predicted octanol–water partition coefficient (Wildman–Crippen LogP) is 3.66. The molecule has 0 fully saturated rings. The van der Waals surface area contributed by atoms with Crippen LogP contribution in [-0.2, 0) is 9.78 Å². The molecule has 0 saturated heterocycles. The van der Waals surface area contributed by atoms with Gasteiger partial charge in [-0.3, -0.25) is 0 Å². The van der Waals surface area contributed by atoms with E-state index in [0.717, 1.165) is 19.3 Å². The third kappa shape index (κ3) is 5.83. The molecule has 0 aromatic heterocycles. The summed E-state index contributed by atoms with van der Waals surface area (Å²) in [6.45, 7) is 12.3. The molecule has 16 heavy (non-hydrogen) atoms. The second kappa shape index (κ2) is 6.58. The van der Waals surface area contributed by atoms with Crippen LogP contribution < -0.4 is 0 Å². The lowest BCUT2D eigenvalue weighted by atomic mass is 9.79. The van der Waals surface area contributed by atoms with E-state index in [-0.39, 0.29) is 5.41 Å². The lowest BCUT2D eigenvalue weighted by molar-refractivity contribution is -0.427. The van der Waals surface area contributed by atoms with Crippen LogP contribution in [0.5, 0.6) is 0 Å². The molecular weight excluding hydrogens is 204 g/mol. The van der Waals surface area contributed by atoms with E-state index in [1.165, 1.54) is 0 Å². The van der Waals surface area contributed by atoms with Crippen LogP contribution in [-0.4, -0.2) is 17.0 Å². The second-order valence-corrected chi connectivity index (χ2v) is 5.89. The van der Waals surface area contributed by atoms with Crippen molar-refractivity contribution >= 4 is 0 Å². The maximum Gasteiger partial charge on any atom is 0.188 e. The molecular formula is C13H28O3. The maximum absolute atomic E-state index is 9.56. The quantitative estimate of drug-likeness (QED) is 0.315. The molecule has 98 valence electrons. The van der Waals surface area contributed by atoms with Crippen molar-refractivity contribution in [1.82, 2.24) is 0 Å². The van der Waals surface area contributed by atoms with Crippen LogP contribution in [0, 0.1) is 5.41 Å². The molecule has 0 radical (unpaired) electrons. The molecule has 0 aliphatic carbocycles. The Morgan fingerprint density at radius 1 is 1.06 bits per heavy atom. The van der Waals surface area contributed by atoms with Crippen LogP contribution in [0.2, 0.25) is 0 Å². The third-order valence-corrected chi connectivity index (χ3v) is 3.23. The van der Waals surface area contributed by atoms with E-state index in [2.05, 4.69) is 27.7 Å². The second-order valence-electron chi connectivity index (χ2n) is 5.89. The summed E-state index contributed by atoms with van der Waals surface area (Å²) in [6.07, 6.45) is 3.04. The summed E-state index contributed by atoms with van der Waals surface area (Å²) in [6, 6.07) is 0. The Labute approximate surface area is 100 Å². The van der Waals surface area contributed by atoms with Gasteiger partial charge in [-0.15, -0.1) is 0 Å². The van der Waals surface area contributed by atoms with E-state index < -0.39 is 11.9 Å². The highest BCUT2D eigenvalue weighted by molar-refractivity contribution is 4.82. The topological polar surface area (TPSA) is 38.7 Å². The van der Waals surface area contributed by atoms with Crippen molar-refractivity contribution in [1.29, 1.82) is 0 Å².